The van der Waals surface area contributed by atoms with Gasteiger partial charge in [0.1, 0.15) is 0 Å². The fourth-order valence-corrected chi connectivity index (χ4v) is 0. The van der Waals surface area contributed by atoms with E-state index in [2.05, 4.69) is 0 Å². The zero-order valence-corrected chi connectivity index (χ0v) is 6.13. The zero-order valence-electron chi connectivity index (χ0n) is 1.75. The fraction of sp³-hybridized carbons (Fsp3) is 1.00. The van der Waals surface area contributed by atoms with E-state index in [-0.39, 0.29) is 71.3 Å². The Labute approximate surface area is 70.9 Å². The smallest absolute Gasteiger partial charge is 0 e. The van der Waals surface area contributed by atoms with Crippen molar-refractivity contribution in [1.29, 1.82) is 0 Å². The van der Waals surface area contributed by atoms with E-state index in [0.29, 0.717) is 0 Å². The van der Waals surface area contributed by atoms with Crippen molar-refractivity contribution in [3.63, 3.8) is 0 Å². The third-order valence-corrected chi connectivity index (χ3v) is 0. The molecule has 0 aliphatic carbocycles. The topological polar surface area (TPSA) is 0 Å². The van der Waals surface area contributed by atoms with Crippen molar-refractivity contribution in [3.05, 3.63) is 0 Å². The average Bonchev–Trinajstić information content (AvgIpc) is 0. The summed E-state index contributed by atoms with van der Waals surface area (Å²) in [5, 5.41) is 0. The van der Waals surface area contributed by atoms with Gasteiger partial charge in [-0.2, -0.15) is 0 Å². The van der Waals surface area contributed by atoms with Crippen LogP contribution in [0, 0.1) is 0 Å². The molecule has 31 valence electrons. The molecule has 0 aromatic heterocycles. The molecule has 0 unspecified atom stereocenters. The third-order valence-electron chi connectivity index (χ3n) is 0. The SMILES string of the molecule is C.[B].[Cr].[Fe].[Mo]. The predicted octanol–water partition coefficient (Wildman–Crippen LogP) is 0.248. The molecule has 0 heterocycles. The van der Waals surface area contributed by atoms with Crippen LogP contribution in [0.25, 0.3) is 0 Å². The van der Waals surface area contributed by atoms with Gasteiger partial charge in [0.25, 0.3) is 0 Å². The summed E-state index contributed by atoms with van der Waals surface area (Å²) >= 11 is 0. The molecule has 0 spiro atoms. The van der Waals surface area contributed by atoms with E-state index >= 15 is 0 Å². The number of hydrogen-bond donors (Lipinski definition) is 0. The van der Waals surface area contributed by atoms with Crippen LogP contribution >= 0.6 is 0 Å². The maximum atomic E-state index is 0. The molecule has 0 saturated heterocycles. The van der Waals surface area contributed by atoms with Crippen LogP contribution < -0.4 is 0 Å². The molecule has 0 aromatic rings. The van der Waals surface area contributed by atoms with Crippen LogP contribution in [0.15, 0.2) is 0 Å². The minimum Gasteiger partial charge on any atom is -0.0776 e. The minimum atomic E-state index is 0. The second-order valence-corrected chi connectivity index (χ2v) is 0. The molecule has 0 saturated carbocycles. The molecular weight excluding hydrogens is 227 g/mol. The molecule has 4 heteroatoms. The Morgan fingerprint density at radius 2 is 1.00 bits per heavy atom. The van der Waals surface area contributed by atoms with Gasteiger partial charge in [0.2, 0.25) is 0 Å². The van der Waals surface area contributed by atoms with Crippen molar-refractivity contribution in [1.82, 2.24) is 0 Å². The normalized spacial score (nSPS) is 0. The summed E-state index contributed by atoms with van der Waals surface area (Å²) in [6.45, 7) is 0. The minimum absolute atomic E-state index is 0. The van der Waals surface area contributed by atoms with Crippen LogP contribution in [0.2, 0.25) is 0 Å². The molecule has 3 radical (unpaired) electrons. The second-order valence-electron chi connectivity index (χ2n) is 0. The molecule has 0 N–H and O–H groups in total. The van der Waals surface area contributed by atoms with E-state index in [1.807, 2.05) is 0 Å². The van der Waals surface area contributed by atoms with Crippen molar-refractivity contribution in [2.75, 3.05) is 0 Å². The second kappa shape index (κ2) is 41.1. The number of rotatable bonds is 0. The van der Waals surface area contributed by atoms with Gasteiger partial charge in [-0.15, -0.1) is 0 Å². The van der Waals surface area contributed by atoms with E-state index < -0.39 is 0 Å². The van der Waals surface area contributed by atoms with Gasteiger partial charge in [-0.05, 0) is 0 Å². The molecule has 5 heavy (non-hydrogen) atoms. The Morgan fingerprint density at radius 3 is 1.00 bits per heavy atom. The Bertz CT molecular complexity index is 11.6. The van der Waals surface area contributed by atoms with Crippen LogP contribution in [0.5, 0.6) is 0 Å². The quantitative estimate of drug-likeness (QED) is 0.524. The van der Waals surface area contributed by atoms with E-state index in [1.54, 1.807) is 0 Å². The van der Waals surface area contributed by atoms with Gasteiger partial charge >= 0.3 is 0 Å². The summed E-state index contributed by atoms with van der Waals surface area (Å²) in [7, 11) is 0. The van der Waals surface area contributed by atoms with Crippen molar-refractivity contribution in [3.8, 4) is 0 Å². The monoisotopic (exact) mass is 233 g/mol. The first kappa shape index (κ1) is 70.4. The van der Waals surface area contributed by atoms with Gasteiger partial charge in [-0.3, -0.25) is 0 Å². The zero-order chi connectivity index (χ0) is 0. The summed E-state index contributed by atoms with van der Waals surface area (Å²) in [5.74, 6) is 0. The van der Waals surface area contributed by atoms with Crippen molar-refractivity contribution in [2.24, 2.45) is 0 Å². The standard InChI is InChI=1S/CH4.B.Cr.Fe.Mo/h1H4;;;;. The van der Waals surface area contributed by atoms with Crippen LogP contribution in [0.1, 0.15) is 7.43 Å². The summed E-state index contributed by atoms with van der Waals surface area (Å²) in [6.07, 6.45) is 0. The first-order valence-electron chi connectivity index (χ1n) is 0. The molecule has 0 bridgehead atoms. The summed E-state index contributed by atoms with van der Waals surface area (Å²) in [4.78, 5) is 0. The Hall–Kier alpha value is 1.81. The molecule has 0 nitrogen and oxygen atoms in total. The summed E-state index contributed by atoms with van der Waals surface area (Å²) in [6, 6.07) is 0. The van der Waals surface area contributed by atoms with E-state index in [0.717, 1.165) is 0 Å². The van der Waals surface area contributed by atoms with Gasteiger partial charge < -0.3 is 0 Å². The van der Waals surface area contributed by atoms with E-state index in [1.165, 1.54) is 0 Å². The van der Waals surface area contributed by atoms with Crippen LogP contribution in [-0.4, -0.2) is 8.41 Å². The van der Waals surface area contributed by atoms with Crippen LogP contribution in [0.4, 0.5) is 0 Å². The first-order valence-corrected chi connectivity index (χ1v) is 0. The van der Waals surface area contributed by atoms with E-state index in [4.69, 9.17) is 0 Å². The maximum Gasteiger partial charge on any atom is 0 e. The predicted molar refractivity (Wildman–Crippen MR) is 12.5 cm³/mol. The molecule has 0 aromatic carbocycles. The molecule has 0 fully saturated rings. The fourth-order valence-electron chi connectivity index (χ4n) is 0. The van der Waals surface area contributed by atoms with Crippen molar-refractivity contribution >= 4 is 8.41 Å². The molecule has 0 rings (SSSR count). The molecule has 0 atom stereocenters. The first-order chi connectivity index (χ1) is 0. The van der Waals surface area contributed by atoms with Gasteiger partial charge in [0.15, 0.2) is 0 Å². The number of hydrogen-bond acceptors (Lipinski definition) is 0. The Balaban J connectivity index is 0. The van der Waals surface area contributed by atoms with Gasteiger partial charge in [0.05, 0.1) is 0 Å². The summed E-state index contributed by atoms with van der Waals surface area (Å²) in [5.41, 5.74) is 0. The molecular formula is CH4BCrFeMo. The largest absolute Gasteiger partial charge is 0.0776 e. The average molecular weight is 231 g/mol. The molecule has 0 amide bonds. The molecule has 0 aliphatic heterocycles. The van der Waals surface area contributed by atoms with Crippen molar-refractivity contribution < 1.29 is 55.5 Å². The van der Waals surface area contributed by atoms with Gasteiger partial charge in [-0.1, -0.05) is 7.43 Å². The van der Waals surface area contributed by atoms with Gasteiger partial charge in [0, 0.05) is 63.9 Å². The Kier molecular flexibility index (Phi) is 579. The Morgan fingerprint density at radius 1 is 1.00 bits per heavy atom. The van der Waals surface area contributed by atoms with Crippen LogP contribution in [-0.2, 0) is 55.5 Å². The van der Waals surface area contributed by atoms with Gasteiger partial charge in [-0.25, -0.2) is 0 Å². The van der Waals surface area contributed by atoms with Crippen molar-refractivity contribution in [2.45, 2.75) is 7.43 Å². The third kappa shape index (κ3) is 25.8. The maximum absolute atomic E-state index is 0. The summed E-state index contributed by atoms with van der Waals surface area (Å²) < 4.78 is 0. The van der Waals surface area contributed by atoms with Crippen LogP contribution in [0.3, 0.4) is 0 Å². The molecule has 0 aliphatic rings. The van der Waals surface area contributed by atoms with E-state index in [9.17, 15) is 0 Å².